The van der Waals surface area contributed by atoms with Gasteiger partial charge in [-0.2, -0.15) is 0 Å². The molecule has 0 heterocycles. The molecule has 12 aliphatic carbocycles. The Balaban J connectivity index is 0. The van der Waals surface area contributed by atoms with E-state index in [1.54, 1.807) is 116 Å². The van der Waals surface area contributed by atoms with Crippen LogP contribution in [0, 0.1) is 107 Å². The van der Waals surface area contributed by atoms with E-state index in [-0.39, 0.29) is 59.4 Å². The van der Waals surface area contributed by atoms with Crippen LogP contribution in [0.3, 0.4) is 0 Å². The summed E-state index contributed by atoms with van der Waals surface area (Å²) in [6, 6.07) is 0. The summed E-state index contributed by atoms with van der Waals surface area (Å²) in [6.07, 6.45) is 64.3. The largest absolute Gasteiger partial charge is 0.0776 e. The Morgan fingerprint density at radius 3 is 0.324 bits per heavy atom. The molecule has 0 spiro atoms. The molecule has 0 heteroatoms. The lowest BCUT2D eigenvalue weighted by Crippen LogP contribution is -2.13. The van der Waals surface area contributed by atoms with E-state index in [2.05, 4.69) is 41.5 Å². The standard InChI is InChI=1S/6C11H20.8CH4/c6*1-9-5-4-8-11(9)10-6-2-3-7-10;;;;;;;;/h6*9-11H,2-8H2,1H3;8*1H4. The first-order chi connectivity index (χ1) is 32.3. The van der Waals surface area contributed by atoms with Crippen LogP contribution in [0.15, 0.2) is 0 Å². The minimum absolute atomic E-state index is 0. The monoisotopic (exact) mass is 1040 g/mol. The molecule has 74 heavy (non-hydrogen) atoms. The quantitative estimate of drug-likeness (QED) is 0.249. The van der Waals surface area contributed by atoms with Crippen molar-refractivity contribution in [3.8, 4) is 0 Å². The number of rotatable bonds is 6. The normalized spacial score (nSPS) is 35.8. The zero-order valence-corrected chi connectivity index (χ0v) is 46.1. The fourth-order valence-corrected chi connectivity index (χ4v) is 19.6. The van der Waals surface area contributed by atoms with Crippen LogP contribution in [-0.2, 0) is 0 Å². The summed E-state index contributed by atoms with van der Waals surface area (Å²) in [5, 5.41) is 0. The smallest absolute Gasteiger partial charge is 0.0360 e. The van der Waals surface area contributed by atoms with E-state index in [9.17, 15) is 0 Å². The van der Waals surface area contributed by atoms with Crippen LogP contribution < -0.4 is 0 Å². The molecule has 0 saturated heterocycles. The van der Waals surface area contributed by atoms with Gasteiger partial charge in [-0.3, -0.25) is 0 Å². The van der Waals surface area contributed by atoms with Crippen molar-refractivity contribution in [2.75, 3.05) is 0 Å². The molecule has 0 radical (unpaired) electrons. The molecule has 0 nitrogen and oxygen atoms in total. The third-order valence-electron chi connectivity index (χ3n) is 23.6. The first-order valence-corrected chi connectivity index (χ1v) is 32.3. The fourth-order valence-electron chi connectivity index (χ4n) is 19.6. The topological polar surface area (TPSA) is 0 Å². The Kier molecular flexibility index (Phi) is 42.2. The van der Waals surface area contributed by atoms with Crippen molar-refractivity contribution in [1.29, 1.82) is 0 Å². The van der Waals surface area contributed by atoms with E-state index in [1.807, 2.05) is 0 Å². The first-order valence-electron chi connectivity index (χ1n) is 32.3. The molecule has 0 aromatic rings. The first kappa shape index (κ1) is 76.1. The van der Waals surface area contributed by atoms with Crippen LogP contribution in [0.2, 0.25) is 0 Å². The lowest BCUT2D eigenvalue weighted by Gasteiger charge is -2.22. The average molecular weight is 1040 g/mol. The Labute approximate surface area is 474 Å². The maximum absolute atomic E-state index is 2.47. The highest BCUT2D eigenvalue weighted by Gasteiger charge is 2.36. The zero-order valence-electron chi connectivity index (χ0n) is 46.1. The summed E-state index contributed by atoms with van der Waals surface area (Å²) in [4.78, 5) is 0. The number of hydrogen-bond acceptors (Lipinski definition) is 0. The highest BCUT2D eigenvalue weighted by Crippen LogP contribution is 2.48. The van der Waals surface area contributed by atoms with Crippen LogP contribution in [-0.4, -0.2) is 0 Å². The predicted octanol–water partition coefficient (Wildman–Crippen LogP) is 26.8. The van der Waals surface area contributed by atoms with Crippen molar-refractivity contribution in [3.63, 3.8) is 0 Å². The molecule has 0 aromatic heterocycles. The second-order valence-electron chi connectivity index (χ2n) is 27.7. The number of hydrogen-bond donors (Lipinski definition) is 0. The molecule has 12 unspecified atom stereocenters. The molecule has 12 atom stereocenters. The van der Waals surface area contributed by atoms with E-state index in [0.717, 1.165) is 107 Å². The molecule has 12 saturated carbocycles. The molecular weight excluding hydrogens is 889 g/mol. The van der Waals surface area contributed by atoms with E-state index < -0.39 is 0 Å². The molecule has 0 aliphatic heterocycles. The second kappa shape index (κ2) is 41.1. The molecular formula is C74H152. The van der Waals surface area contributed by atoms with Gasteiger partial charge in [-0.25, -0.2) is 0 Å². The predicted molar refractivity (Wildman–Crippen MR) is 345 cm³/mol. The summed E-state index contributed by atoms with van der Waals surface area (Å²) in [7, 11) is 0. The summed E-state index contributed by atoms with van der Waals surface area (Å²) in [5.74, 6) is 19.9. The van der Waals surface area contributed by atoms with Crippen LogP contribution >= 0.6 is 0 Å². The van der Waals surface area contributed by atoms with E-state index in [4.69, 9.17) is 0 Å². The highest BCUT2D eigenvalue weighted by molar-refractivity contribution is 4.88. The minimum Gasteiger partial charge on any atom is -0.0776 e. The minimum atomic E-state index is 0. The molecule has 0 aromatic carbocycles. The SMILES string of the molecule is C.C.C.C.C.C.C.C.CC1CCCC1C1CCCC1.CC1CCCC1C1CCCC1.CC1CCCC1C1CCCC1.CC1CCCC1C1CCCC1.CC1CCCC1C1CCCC1.CC1CCCC1C1CCCC1. The van der Waals surface area contributed by atoms with E-state index in [1.165, 1.54) is 154 Å². The third-order valence-corrected chi connectivity index (χ3v) is 23.6. The van der Waals surface area contributed by atoms with Crippen molar-refractivity contribution >= 4 is 0 Å². The molecule has 0 bridgehead atoms. The van der Waals surface area contributed by atoms with Gasteiger partial charge in [0.2, 0.25) is 0 Å². The van der Waals surface area contributed by atoms with Gasteiger partial charge in [0.1, 0.15) is 0 Å². The molecule has 12 fully saturated rings. The average Bonchev–Trinajstić information content (AvgIpc) is 4.14. The van der Waals surface area contributed by atoms with Crippen LogP contribution in [0.1, 0.15) is 371 Å². The summed E-state index contributed by atoms with van der Waals surface area (Å²) >= 11 is 0. The van der Waals surface area contributed by atoms with Gasteiger partial charge in [0.05, 0.1) is 0 Å². The van der Waals surface area contributed by atoms with Crippen molar-refractivity contribution in [2.24, 2.45) is 107 Å². The van der Waals surface area contributed by atoms with Crippen LogP contribution in [0.4, 0.5) is 0 Å². The Hall–Kier alpha value is 0. The fraction of sp³-hybridized carbons (Fsp3) is 1.00. The van der Waals surface area contributed by atoms with Gasteiger partial charge in [0, 0.05) is 0 Å². The Morgan fingerprint density at radius 2 is 0.243 bits per heavy atom. The Morgan fingerprint density at radius 1 is 0.135 bits per heavy atom. The molecule has 12 rings (SSSR count). The van der Waals surface area contributed by atoms with Crippen LogP contribution in [0.25, 0.3) is 0 Å². The maximum atomic E-state index is 2.47. The lowest BCUT2D eigenvalue weighted by molar-refractivity contribution is 0.280. The third kappa shape index (κ3) is 22.9. The maximum Gasteiger partial charge on any atom is -0.0360 e. The van der Waals surface area contributed by atoms with E-state index >= 15 is 0 Å². The summed E-state index contributed by atoms with van der Waals surface area (Å²) in [6.45, 7) is 14.8. The van der Waals surface area contributed by atoms with Crippen molar-refractivity contribution in [1.82, 2.24) is 0 Å². The molecule has 448 valence electrons. The van der Waals surface area contributed by atoms with Gasteiger partial charge in [0.15, 0.2) is 0 Å². The van der Waals surface area contributed by atoms with Gasteiger partial charge >= 0.3 is 0 Å². The molecule has 12 aliphatic rings. The van der Waals surface area contributed by atoms with Gasteiger partial charge in [-0.1, -0.05) is 332 Å². The Bertz CT molecular complexity index is 980. The second-order valence-corrected chi connectivity index (χ2v) is 27.7. The summed E-state index contributed by atoms with van der Waals surface area (Å²) in [5.41, 5.74) is 0. The van der Waals surface area contributed by atoms with Crippen LogP contribution in [0.5, 0.6) is 0 Å². The van der Waals surface area contributed by atoms with Gasteiger partial charge < -0.3 is 0 Å². The van der Waals surface area contributed by atoms with Gasteiger partial charge in [-0.15, -0.1) is 0 Å². The molecule has 0 amide bonds. The van der Waals surface area contributed by atoms with Gasteiger partial charge in [0.25, 0.3) is 0 Å². The van der Waals surface area contributed by atoms with Crippen molar-refractivity contribution in [3.05, 3.63) is 0 Å². The summed E-state index contributed by atoms with van der Waals surface area (Å²) < 4.78 is 0. The van der Waals surface area contributed by atoms with E-state index in [0.29, 0.717) is 0 Å². The highest BCUT2D eigenvalue weighted by atomic mass is 14.4. The zero-order chi connectivity index (χ0) is 46.1. The molecule has 0 N–H and O–H groups in total. The lowest BCUT2D eigenvalue weighted by atomic mass is 9.84. The van der Waals surface area contributed by atoms with Crippen molar-refractivity contribution in [2.45, 2.75) is 371 Å². The van der Waals surface area contributed by atoms with Gasteiger partial charge in [-0.05, 0) is 145 Å². The van der Waals surface area contributed by atoms with Crippen molar-refractivity contribution < 1.29 is 0 Å².